The highest BCUT2D eigenvalue weighted by molar-refractivity contribution is 7.89. The van der Waals surface area contributed by atoms with Crippen LogP contribution in [-0.2, 0) is 24.3 Å². The molecule has 2 fully saturated rings. The molecule has 0 aliphatic carbocycles. The van der Waals surface area contributed by atoms with Crippen LogP contribution >= 0.6 is 0 Å². The molecule has 2 aromatic rings. The predicted molar refractivity (Wildman–Crippen MR) is 104 cm³/mol. The second-order valence-corrected chi connectivity index (χ2v) is 9.20. The highest BCUT2D eigenvalue weighted by atomic mass is 32.2. The van der Waals surface area contributed by atoms with Crippen molar-refractivity contribution in [2.45, 2.75) is 55.4 Å². The fraction of sp³-hybridized carbons (Fsp3) is 0.450. The standard InChI is InChI=1S/C20H23N3O5S/c1-13-8-9-17-16(10-18(28-17)20(24)27-2)23(13)29(25,26)15-11-21-19(22-12-15)14-6-4-3-5-7-14/h3-7,11-13,16-18H,8-10H2,1-2H3/t13-,16-,17-,18+/m1/s1. The van der Waals surface area contributed by atoms with E-state index in [1.165, 1.54) is 23.8 Å². The number of fused-ring (bicyclic) bond motifs is 1. The van der Waals surface area contributed by atoms with Gasteiger partial charge < -0.3 is 9.47 Å². The molecule has 0 bridgehead atoms. The lowest BCUT2D eigenvalue weighted by atomic mass is 9.95. The molecule has 29 heavy (non-hydrogen) atoms. The minimum absolute atomic E-state index is 0.0335. The second-order valence-electron chi connectivity index (χ2n) is 7.36. The van der Waals surface area contributed by atoms with Gasteiger partial charge in [0.05, 0.1) is 31.6 Å². The fourth-order valence-electron chi connectivity index (χ4n) is 4.12. The zero-order valence-corrected chi connectivity index (χ0v) is 17.1. The Balaban J connectivity index is 1.62. The van der Waals surface area contributed by atoms with E-state index < -0.39 is 28.1 Å². The molecular weight excluding hydrogens is 394 g/mol. The van der Waals surface area contributed by atoms with Crippen LogP contribution in [0.3, 0.4) is 0 Å². The topological polar surface area (TPSA) is 98.7 Å². The van der Waals surface area contributed by atoms with Crippen LogP contribution in [0.15, 0.2) is 47.6 Å². The number of methoxy groups -OCH3 is 1. The largest absolute Gasteiger partial charge is 0.467 e. The maximum atomic E-state index is 13.4. The lowest BCUT2D eigenvalue weighted by molar-refractivity contribution is -0.153. The highest BCUT2D eigenvalue weighted by Crippen LogP contribution is 2.38. The van der Waals surface area contributed by atoms with Crippen molar-refractivity contribution in [2.24, 2.45) is 0 Å². The van der Waals surface area contributed by atoms with E-state index in [2.05, 4.69) is 9.97 Å². The van der Waals surface area contributed by atoms with Gasteiger partial charge in [0.1, 0.15) is 4.90 Å². The fourth-order valence-corrected chi connectivity index (χ4v) is 5.89. The molecule has 1 aromatic heterocycles. The van der Waals surface area contributed by atoms with Gasteiger partial charge >= 0.3 is 5.97 Å². The summed E-state index contributed by atoms with van der Waals surface area (Å²) in [4.78, 5) is 20.4. The Kier molecular flexibility index (Phi) is 5.37. The molecule has 4 atom stereocenters. The number of benzene rings is 1. The summed E-state index contributed by atoms with van der Waals surface area (Å²) in [5, 5.41) is 0. The van der Waals surface area contributed by atoms with E-state index in [0.29, 0.717) is 18.7 Å². The van der Waals surface area contributed by atoms with Crippen molar-refractivity contribution in [3.63, 3.8) is 0 Å². The number of aromatic nitrogens is 2. The third-order valence-corrected chi connectivity index (χ3v) is 7.55. The molecule has 0 spiro atoms. The highest BCUT2D eigenvalue weighted by Gasteiger charge is 2.50. The molecule has 0 unspecified atom stereocenters. The predicted octanol–water partition coefficient (Wildman–Crippen LogP) is 2.02. The summed E-state index contributed by atoms with van der Waals surface area (Å²) in [5.74, 6) is -0.0102. The first-order valence-corrected chi connectivity index (χ1v) is 11.0. The number of hydrogen-bond acceptors (Lipinski definition) is 7. The second kappa shape index (κ2) is 7.81. The van der Waals surface area contributed by atoms with E-state index in [-0.39, 0.29) is 23.5 Å². The Labute approximate surface area is 169 Å². The van der Waals surface area contributed by atoms with Crippen LogP contribution in [0.1, 0.15) is 26.2 Å². The van der Waals surface area contributed by atoms with Crippen molar-refractivity contribution in [1.29, 1.82) is 0 Å². The lowest BCUT2D eigenvalue weighted by Crippen LogP contribution is -2.53. The molecule has 9 heteroatoms. The molecule has 0 N–H and O–H groups in total. The Hall–Kier alpha value is -2.36. The molecule has 3 heterocycles. The van der Waals surface area contributed by atoms with Crippen molar-refractivity contribution in [3.05, 3.63) is 42.7 Å². The van der Waals surface area contributed by atoms with Crippen molar-refractivity contribution in [3.8, 4) is 11.4 Å². The zero-order valence-electron chi connectivity index (χ0n) is 16.3. The zero-order chi connectivity index (χ0) is 20.6. The summed E-state index contributed by atoms with van der Waals surface area (Å²) in [6.07, 6.45) is 3.25. The van der Waals surface area contributed by atoms with E-state index in [0.717, 1.165) is 5.56 Å². The summed E-state index contributed by atoms with van der Waals surface area (Å²) in [6, 6.07) is 8.74. The number of hydrogen-bond donors (Lipinski definition) is 0. The molecule has 2 aliphatic rings. The Morgan fingerprint density at radius 3 is 2.52 bits per heavy atom. The summed E-state index contributed by atoms with van der Waals surface area (Å²) < 4.78 is 38.8. The van der Waals surface area contributed by atoms with E-state index in [4.69, 9.17) is 9.47 Å². The Morgan fingerprint density at radius 2 is 1.86 bits per heavy atom. The molecule has 154 valence electrons. The van der Waals surface area contributed by atoms with Gasteiger partial charge in [0.15, 0.2) is 11.9 Å². The van der Waals surface area contributed by atoms with Gasteiger partial charge in [-0.25, -0.2) is 23.2 Å². The van der Waals surface area contributed by atoms with E-state index in [1.807, 2.05) is 37.3 Å². The van der Waals surface area contributed by atoms with Gasteiger partial charge in [0.2, 0.25) is 10.0 Å². The first kappa shape index (κ1) is 19.9. The maximum Gasteiger partial charge on any atom is 0.335 e. The smallest absolute Gasteiger partial charge is 0.335 e. The lowest BCUT2D eigenvalue weighted by Gasteiger charge is -2.40. The van der Waals surface area contributed by atoms with Gasteiger partial charge in [0, 0.05) is 18.0 Å². The van der Waals surface area contributed by atoms with E-state index in [9.17, 15) is 13.2 Å². The number of sulfonamides is 1. The number of rotatable bonds is 4. The number of piperidine rings is 1. The molecule has 0 amide bonds. The molecule has 0 saturated carbocycles. The van der Waals surface area contributed by atoms with Crippen LogP contribution < -0.4 is 0 Å². The number of carbonyl (C=O) groups excluding carboxylic acids is 1. The van der Waals surface area contributed by atoms with Crippen LogP contribution in [0, 0.1) is 0 Å². The van der Waals surface area contributed by atoms with Gasteiger partial charge in [0.25, 0.3) is 0 Å². The summed E-state index contributed by atoms with van der Waals surface area (Å²) in [7, 11) is -2.54. The van der Waals surface area contributed by atoms with E-state index in [1.54, 1.807) is 0 Å². The molecule has 0 radical (unpaired) electrons. The van der Waals surface area contributed by atoms with E-state index >= 15 is 0 Å². The monoisotopic (exact) mass is 417 g/mol. The van der Waals surface area contributed by atoms with Crippen molar-refractivity contribution in [2.75, 3.05) is 7.11 Å². The van der Waals surface area contributed by atoms with Crippen LogP contribution in [-0.4, -0.2) is 60.1 Å². The van der Waals surface area contributed by atoms with Crippen LogP contribution in [0.25, 0.3) is 11.4 Å². The average Bonchev–Trinajstić information content (AvgIpc) is 3.17. The maximum absolute atomic E-state index is 13.4. The number of ether oxygens (including phenoxy) is 2. The molecule has 2 saturated heterocycles. The summed E-state index contributed by atoms with van der Waals surface area (Å²) in [5.41, 5.74) is 0.813. The number of esters is 1. The van der Waals surface area contributed by atoms with Crippen LogP contribution in [0.5, 0.6) is 0 Å². The SMILES string of the molecule is COC(=O)[C@@H]1C[C@@H]2[C@@H](CC[C@@H](C)N2S(=O)(=O)c2cnc(-c3ccccc3)nc2)O1. The normalized spacial score (nSPS) is 27.4. The third-order valence-electron chi connectivity index (χ3n) is 5.55. The van der Waals surface area contributed by atoms with Crippen molar-refractivity contribution >= 4 is 16.0 Å². The summed E-state index contributed by atoms with van der Waals surface area (Å²) in [6.45, 7) is 1.87. The molecule has 1 aromatic carbocycles. The molecule has 4 rings (SSSR count). The first-order valence-electron chi connectivity index (χ1n) is 9.56. The molecular formula is C20H23N3O5S. The molecule has 2 aliphatic heterocycles. The van der Waals surface area contributed by atoms with Gasteiger partial charge in [-0.1, -0.05) is 30.3 Å². The van der Waals surface area contributed by atoms with Crippen molar-refractivity contribution in [1.82, 2.24) is 14.3 Å². The van der Waals surface area contributed by atoms with Gasteiger partial charge in [-0.05, 0) is 19.8 Å². The minimum atomic E-state index is -3.84. The van der Waals surface area contributed by atoms with Gasteiger partial charge in [-0.15, -0.1) is 0 Å². The number of carbonyl (C=O) groups is 1. The summed E-state index contributed by atoms with van der Waals surface area (Å²) >= 11 is 0. The first-order chi connectivity index (χ1) is 13.9. The third kappa shape index (κ3) is 3.65. The van der Waals surface area contributed by atoms with Crippen LogP contribution in [0.4, 0.5) is 0 Å². The quantitative estimate of drug-likeness (QED) is 0.702. The van der Waals surface area contributed by atoms with Crippen molar-refractivity contribution < 1.29 is 22.7 Å². The Morgan fingerprint density at radius 1 is 1.17 bits per heavy atom. The van der Waals surface area contributed by atoms with Gasteiger partial charge in [-0.3, -0.25) is 0 Å². The van der Waals surface area contributed by atoms with Gasteiger partial charge in [-0.2, -0.15) is 4.31 Å². The minimum Gasteiger partial charge on any atom is -0.467 e. The Bertz CT molecular complexity index is 981. The number of nitrogens with zero attached hydrogens (tertiary/aromatic N) is 3. The van der Waals surface area contributed by atoms with Crippen LogP contribution in [0.2, 0.25) is 0 Å². The average molecular weight is 417 g/mol. The molecule has 8 nitrogen and oxygen atoms in total.